The monoisotopic (exact) mass is 257 g/mol. The molecule has 0 radical (unpaired) electrons. The molecular formula is C11H15NO6. The molecule has 2 rings (SSSR count). The summed E-state index contributed by atoms with van der Waals surface area (Å²) in [5.74, 6) is -0.435. The van der Waals surface area contributed by atoms with E-state index in [1.165, 1.54) is 17.7 Å². The first-order valence-electron chi connectivity index (χ1n) is 5.50. The maximum absolute atomic E-state index is 11.2. The van der Waals surface area contributed by atoms with Crippen LogP contribution in [0.15, 0.2) is 17.1 Å². The smallest absolute Gasteiger partial charge is 0.223 e. The summed E-state index contributed by atoms with van der Waals surface area (Å²) in [6.07, 6.45) is -2.96. The van der Waals surface area contributed by atoms with Crippen LogP contribution in [-0.2, 0) is 4.74 Å². The van der Waals surface area contributed by atoms with Crippen molar-refractivity contribution in [3.63, 3.8) is 0 Å². The van der Waals surface area contributed by atoms with Crippen molar-refractivity contribution in [3.05, 3.63) is 28.2 Å². The number of nitrogens with zero attached hydrogens (tertiary/aromatic N) is 1. The Morgan fingerprint density at radius 2 is 2.06 bits per heavy atom. The molecule has 1 saturated heterocycles. The molecule has 0 amide bonds. The highest BCUT2D eigenvalue weighted by molar-refractivity contribution is 5.25. The number of pyridine rings is 1. The Morgan fingerprint density at radius 1 is 1.39 bits per heavy atom. The van der Waals surface area contributed by atoms with Crippen molar-refractivity contribution in [2.24, 2.45) is 0 Å². The van der Waals surface area contributed by atoms with Gasteiger partial charge in [0.25, 0.3) is 0 Å². The summed E-state index contributed by atoms with van der Waals surface area (Å²) in [6, 6.07) is 1.14. The van der Waals surface area contributed by atoms with Crippen LogP contribution in [0.25, 0.3) is 0 Å². The van der Waals surface area contributed by atoms with E-state index < -0.39 is 42.3 Å². The Hall–Kier alpha value is -1.41. The largest absolute Gasteiger partial charge is 0.503 e. The summed E-state index contributed by atoms with van der Waals surface area (Å²) in [7, 11) is 0. The molecule has 7 heteroatoms. The zero-order valence-electron chi connectivity index (χ0n) is 9.72. The molecule has 0 unspecified atom stereocenters. The second-order valence-corrected chi connectivity index (χ2v) is 4.25. The number of aromatic nitrogens is 1. The summed E-state index contributed by atoms with van der Waals surface area (Å²) in [4.78, 5) is 11.2. The van der Waals surface area contributed by atoms with Crippen LogP contribution in [0.2, 0.25) is 0 Å². The lowest BCUT2D eigenvalue weighted by atomic mass is 10.1. The highest BCUT2D eigenvalue weighted by Crippen LogP contribution is 2.30. The molecule has 1 aromatic heterocycles. The number of aromatic hydroxyl groups is 1. The molecule has 0 spiro atoms. The van der Waals surface area contributed by atoms with Gasteiger partial charge in [0.2, 0.25) is 5.43 Å². The van der Waals surface area contributed by atoms with E-state index in [4.69, 9.17) is 9.84 Å². The molecule has 2 heterocycles. The van der Waals surface area contributed by atoms with Crippen molar-refractivity contribution < 1.29 is 25.2 Å². The quantitative estimate of drug-likeness (QED) is 0.511. The molecule has 0 aliphatic carbocycles. The third kappa shape index (κ3) is 1.91. The predicted octanol–water partition coefficient (Wildman–Crippen LogP) is -1.53. The number of hydrogen-bond donors (Lipinski definition) is 4. The minimum absolute atomic E-state index is 0.220. The lowest BCUT2D eigenvalue weighted by molar-refractivity contribution is -0.0541. The standard InChI is InChI=1S/C11H15NO6/c1-5-8(15)6(14)2-3-12(5)11-10(17)9(16)7(4-13)18-11/h2-3,7,9-11,13,15-17H,4H2,1H3/t7-,9+,10-,11-/m0/s1. The molecule has 1 aliphatic rings. The van der Waals surface area contributed by atoms with Gasteiger partial charge in [-0.1, -0.05) is 0 Å². The van der Waals surface area contributed by atoms with Gasteiger partial charge in [-0.15, -0.1) is 0 Å². The molecule has 18 heavy (non-hydrogen) atoms. The Balaban J connectivity index is 2.39. The Labute approximate surface area is 102 Å². The van der Waals surface area contributed by atoms with Crippen LogP contribution in [0.3, 0.4) is 0 Å². The van der Waals surface area contributed by atoms with Gasteiger partial charge in [0.15, 0.2) is 12.0 Å². The van der Waals surface area contributed by atoms with Crippen LogP contribution in [0.5, 0.6) is 5.75 Å². The summed E-state index contributed by atoms with van der Waals surface area (Å²) in [6.45, 7) is 1.06. The molecule has 4 atom stereocenters. The van der Waals surface area contributed by atoms with E-state index in [9.17, 15) is 20.1 Å². The fraction of sp³-hybridized carbons (Fsp3) is 0.545. The van der Waals surface area contributed by atoms with E-state index in [1.54, 1.807) is 0 Å². The van der Waals surface area contributed by atoms with Crippen molar-refractivity contribution >= 4 is 0 Å². The average Bonchev–Trinajstić information content (AvgIpc) is 2.64. The maximum atomic E-state index is 11.2. The van der Waals surface area contributed by atoms with Crippen LogP contribution in [-0.4, -0.2) is 49.9 Å². The fourth-order valence-electron chi connectivity index (χ4n) is 2.02. The van der Waals surface area contributed by atoms with Crippen LogP contribution < -0.4 is 5.43 Å². The Kier molecular flexibility index (Phi) is 3.40. The zero-order valence-corrected chi connectivity index (χ0v) is 9.72. The van der Waals surface area contributed by atoms with Gasteiger partial charge in [0.1, 0.15) is 18.3 Å². The molecule has 0 saturated carbocycles. The van der Waals surface area contributed by atoms with Gasteiger partial charge in [-0.3, -0.25) is 4.79 Å². The van der Waals surface area contributed by atoms with Gasteiger partial charge < -0.3 is 29.7 Å². The lowest BCUT2D eigenvalue weighted by Gasteiger charge is -2.21. The molecule has 1 aliphatic heterocycles. The first-order chi connectivity index (χ1) is 8.47. The highest BCUT2D eigenvalue weighted by atomic mass is 16.6. The topological polar surface area (TPSA) is 112 Å². The lowest BCUT2D eigenvalue weighted by Crippen LogP contribution is -2.33. The molecule has 1 fully saturated rings. The van der Waals surface area contributed by atoms with Gasteiger partial charge in [-0.2, -0.15) is 0 Å². The van der Waals surface area contributed by atoms with Crippen molar-refractivity contribution in [3.8, 4) is 5.75 Å². The molecule has 1 aromatic rings. The number of hydrogen-bond acceptors (Lipinski definition) is 6. The van der Waals surface area contributed by atoms with Crippen molar-refractivity contribution in [1.82, 2.24) is 4.57 Å². The summed E-state index contributed by atoms with van der Waals surface area (Å²) in [5, 5.41) is 38.0. The van der Waals surface area contributed by atoms with E-state index in [1.807, 2.05) is 0 Å². The molecular weight excluding hydrogens is 242 g/mol. The summed E-state index contributed by atoms with van der Waals surface area (Å²) >= 11 is 0. The highest BCUT2D eigenvalue weighted by Gasteiger charge is 2.43. The van der Waals surface area contributed by atoms with Gasteiger partial charge in [-0.25, -0.2) is 0 Å². The second kappa shape index (κ2) is 4.69. The summed E-state index contributed by atoms with van der Waals surface area (Å²) in [5.41, 5.74) is -0.312. The van der Waals surface area contributed by atoms with E-state index in [-0.39, 0.29) is 5.69 Å². The number of rotatable bonds is 2. The van der Waals surface area contributed by atoms with Gasteiger partial charge in [-0.05, 0) is 6.92 Å². The van der Waals surface area contributed by atoms with E-state index in [0.717, 1.165) is 6.07 Å². The van der Waals surface area contributed by atoms with E-state index in [2.05, 4.69) is 0 Å². The van der Waals surface area contributed by atoms with Crippen LogP contribution in [0, 0.1) is 6.92 Å². The minimum Gasteiger partial charge on any atom is -0.503 e. The molecule has 0 aromatic carbocycles. The van der Waals surface area contributed by atoms with Crippen LogP contribution >= 0.6 is 0 Å². The Morgan fingerprint density at radius 3 is 2.61 bits per heavy atom. The predicted molar refractivity (Wildman–Crippen MR) is 60.1 cm³/mol. The average molecular weight is 257 g/mol. The SMILES string of the molecule is Cc1c(O)c(=O)ccn1[C@H]1O[C@@H](CO)[C@@H](O)[C@@H]1O. The Bertz CT molecular complexity index is 499. The van der Waals surface area contributed by atoms with Crippen molar-refractivity contribution in [1.29, 1.82) is 0 Å². The molecule has 100 valence electrons. The minimum atomic E-state index is -1.25. The molecule has 4 N–H and O–H groups in total. The zero-order chi connectivity index (χ0) is 13.4. The second-order valence-electron chi connectivity index (χ2n) is 4.25. The molecule has 7 nitrogen and oxygen atoms in total. The fourth-order valence-corrected chi connectivity index (χ4v) is 2.02. The van der Waals surface area contributed by atoms with Crippen molar-refractivity contribution in [2.45, 2.75) is 31.5 Å². The third-order valence-corrected chi connectivity index (χ3v) is 3.14. The first kappa shape index (κ1) is 13.0. The third-order valence-electron chi connectivity index (χ3n) is 3.14. The van der Waals surface area contributed by atoms with Gasteiger partial charge >= 0.3 is 0 Å². The van der Waals surface area contributed by atoms with Crippen LogP contribution in [0.1, 0.15) is 11.9 Å². The first-order valence-corrected chi connectivity index (χ1v) is 5.50. The van der Waals surface area contributed by atoms with E-state index >= 15 is 0 Å². The van der Waals surface area contributed by atoms with Gasteiger partial charge in [0.05, 0.1) is 12.3 Å². The number of aliphatic hydroxyl groups is 3. The van der Waals surface area contributed by atoms with Crippen molar-refractivity contribution in [2.75, 3.05) is 6.61 Å². The summed E-state index contributed by atoms with van der Waals surface area (Å²) < 4.78 is 6.64. The maximum Gasteiger partial charge on any atom is 0.223 e. The van der Waals surface area contributed by atoms with Gasteiger partial charge in [0, 0.05) is 12.3 Å². The number of aliphatic hydroxyl groups excluding tert-OH is 3. The van der Waals surface area contributed by atoms with Crippen LogP contribution in [0.4, 0.5) is 0 Å². The normalized spacial score (nSPS) is 31.8. The number of ether oxygens (including phenoxy) is 1. The van der Waals surface area contributed by atoms with E-state index in [0.29, 0.717) is 0 Å². The molecule has 0 bridgehead atoms.